The third kappa shape index (κ3) is 7.66. The predicted molar refractivity (Wildman–Crippen MR) is 87.5 cm³/mol. The summed E-state index contributed by atoms with van der Waals surface area (Å²) in [6.45, 7) is 2.24. The molecule has 0 unspecified atom stereocenters. The van der Waals surface area contributed by atoms with E-state index in [0.29, 0.717) is 12.0 Å². The number of aldehydes is 1. The van der Waals surface area contributed by atoms with Gasteiger partial charge in [0.1, 0.15) is 6.29 Å². The quantitative estimate of drug-likeness (QED) is 0.411. The topological polar surface area (TPSA) is 40.9 Å². The Morgan fingerprint density at radius 2 is 1.57 bits per heavy atom. The second-order valence-electron chi connectivity index (χ2n) is 5.76. The van der Waals surface area contributed by atoms with E-state index in [-0.39, 0.29) is 0 Å². The molecule has 114 valence electrons. The summed E-state index contributed by atoms with van der Waals surface area (Å²) in [5, 5.41) is 8.77. The van der Waals surface area contributed by atoms with Gasteiger partial charge in [0.2, 0.25) is 0 Å². The maximum Gasteiger partial charge on any atom is 0.150 e. The second kappa shape index (κ2) is 11.1. The average Bonchev–Trinajstić information content (AvgIpc) is 2.50. The molecule has 0 aromatic heterocycles. The van der Waals surface area contributed by atoms with E-state index >= 15 is 0 Å². The first-order valence-electron chi connectivity index (χ1n) is 8.25. The first-order valence-corrected chi connectivity index (χ1v) is 8.25. The van der Waals surface area contributed by atoms with Gasteiger partial charge >= 0.3 is 0 Å². The van der Waals surface area contributed by atoms with Crippen LogP contribution in [0.5, 0.6) is 0 Å². The first-order chi connectivity index (χ1) is 10.3. The van der Waals surface area contributed by atoms with Crippen LogP contribution in [0.1, 0.15) is 79.8 Å². The molecule has 0 saturated carbocycles. The van der Waals surface area contributed by atoms with Crippen molar-refractivity contribution in [1.82, 2.24) is 0 Å². The number of aryl methyl sites for hydroxylation is 1. The van der Waals surface area contributed by atoms with Gasteiger partial charge in [-0.15, -0.1) is 0 Å². The van der Waals surface area contributed by atoms with Crippen LogP contribution >= 0.6 is 0 Å². The van der Waals surface area contributed by atoms with Gasteiger partial charge in [-0.05, 0) is 36.1 Å². The van der Waals surface area contributed by atoms with Crippen LogP contribution in [0.3, 0.4) is 0 Å². The Balaban J connectivity index is 2.29. The lowest BCUT2D eigenvalue weighted by Crippen LogP contribution is -1.93. The van der Waals surface area contributed by atoms with Crippen molar-refractivity contribution in [3.05, 3.63) is 34.9 Å². The van der Waals surface area contributed by atoms with E-state index in [4.69, 9.17) is 5.26 Å². The molecule has 0 amide bonds. The molecular weight excluding hydrogens is 258 g/mol. The lowest BCUT2D eigenvalue weighted by atomic mass is 9.99. The van der Waals surface area contributed by atoms with Gasteiger partial charge in [0.05, 0.1) is 12.5 Å². The molecule has 1 aromatic rings. The molecule has 0 saturated heterocycles. The van der Waals surface area contributed by atoms with E-state index in [1.54, 1.807) is 0 Å². The molecule has 0 heterocycles. The van der Waals surface area contributed by atoms with Crippen molar-refractivity contribution in [1.29, 1.82) is 5.26 Å². The molecule has 1 aromatic carbocycles. The molecule has 0 aliphatic heterocycles. The van der Waals surface area contributed by atoms with Crippen LogP contribution in [0.4, 0.5) is 0 Å². The third-order valence-corrected chi connectivity index (χ3v) is 3.81. The minimum Gasteiger partial charge on any atom is -0.298 e. The molecular formula is C19H27NO. The highest BCUT2D eigenvalue weighted by Crippen LogP contribution is 2.14. The van der Waals surface area contributed by atoms with E-state index in [0.717, 1.165) is 18.3 Å². The number of unbranched alkanes of at least 4 members (excludes halogenated alkanes) is 7. The van der Waals surface area contributed by atoms with Gasteiger partial charge in [0, 0.05) is 5.56 Å². The van der Waals surface area contributed by atoms with Crippen LogP contribution in [0.2, 0.25) is 0 Å². The van der Waals surface area contributed by atoms with E-state index in [2.05, 4.69) is 19.1 Å². The van der Waals surface area contributed by atoms with Crippen molar-refractivity contribution in [3.8, 4) is 6.07 Å². The predicted octanol–water partition coefficient (Wildman–Crippen LogP) is 5.25. The highest BCUT2D eigenvalue weighted by molar-refractivity contribution is 5.75. The second-order valence-corrected chi connectivity index (χ2v) is 5.76. The minimum atomic E-state index is 0.381. The van der Waals surface area contributed by atoms with Crippen molar-refractivity contribution < 1.29 is 4.79 Å². The Kier molecular flexibility index (Phi) is 9.20. The summed E-state index contributed by atoms with van der Waals surface area (Å²) in [6, 6.07) is 7.98. The number of nitriles is 1. The van der Waals surface area contributed by atoms with Crippen molar-refractivity contribution >= 4 is 6.29 Å². The summed E-state index contributed by atoms with van der Waals surface area (Å²) in [7, 11) is 0. The molecule has 2 heteroatoms. The third-order valence-electron chi connectivity index (χ3n) is 3.81. The SMILES string of the molecule is CCCCCCCCCCc1cc(C=O)cc(CC#N)c1. The smallest absolute Gasteiger partial charge is 0.150 e. The van der Waals surface area contributed by atoms with Crippen LogP contribution in [0.25, 0.3) is 0 Å². The monoisotopic (exact) mass is 285 g/mol. The Morgan fingerprint density at radius 1 is 0.952 bits per heavy atom. The highest BCUT2D eigenvalue weighted by Gasteiger charge is 2.01. The number of nitrogens with zero attached hydrogens (tertiary/aromatic N) is 1. The lowest BCUT2D eigenvalue weighted by Gasteiger charge is -2.06. The zero-order valence-electron chi connectivity index (χ0n) is 13.2. The van der Waals surface area contributed by atoms with Crippen LogP contribution in [-0.4, -0.2) is 6.29 Å². The van der Waals surface area contributed by atoms with E-state index in [9.17, 15) is 4.79 Å². The van der Waals surface area contributed by atoms with Crippen molar-refractivity contribution in [2.75, 3.05) is 0 Å². The Bertz CT molecular complexity index is 459. The highest BCUT2D eigenvalue weighted by atomic mass is 16.1. The van der Waals surface area contributed by atoms with Crippen molar-refractivity contribution in [2.24, 2.45) is 0 Å². The lowest BCUT2D eigenvalue weighted by molar-refractivity contribution is 0.112. The molecule has 0 fully saturated rings. The number of benzene rings is 1. The fourth-order valence-corrected chi connectivity index (χ4v) is 2.66. The number of rotatable bonds is 11. The fraction of sp³-hybridized carbons (Fsp3) is 0.579. The van der Waals surface area contributed by atoms with Crippen LogP contribution < -0.4 is 0 Å². The molecule has 0 aliphatic rings. The Hall–Kier alpha value is -1.62. The summed E-state index contributed by atoms with van der Waals surface area (Å²) < 4.78 is 0. The first kappa shape index (κ1) is 17.4. The molecule has 1 rings (SSSR count). The fourth-order valence-electron chi connectivity index (χ4n) is 2.66. The van der Waals surface area contributed by atoms with Gasteiger partial charge in [-0.3, -0.25) is 4.79 Å². The Labute approximate surface area is 129 Å². The molecule has 0 atom stereocenters. The largest absolute Gasteiger partial charge is 0.298 e. The summed E-state index contributed by atoms with van der Waals surface area (Å²) in [4.78, 5) is 10.9. The molecule has 0 radical (unpaired) electrons. The number of hydrogen-bond acceptors (Lipinski definition) is 2. The van der Waals surface area contributed by atoms with Gasteiger partial charge in [-0.1, -0.05) is 57.9 Å². The summed E-state index contributed by atoms with van der Waals surface area (Å²) >= 11 is 0. The average molecular weight is 285 g/mol. The molecule has 0 spiro atoms. The van der Waals surface area contributed by atoms with Gasteiger partial charge in [-0.25, -0.2) is 0 Å². The molecule has 2 nitrogen and oxygen atoms in total. The maximum atomic E-state index is 10.9. The van der Waals surface area contributed by atoms with Crippen molar-refractivity contribution in [3.63, 3.8) is 0 Å². The van der Waals surface area contributed by atoms with E-state index in [1.165, 1.54) is 56.9 Å². The summed E-state index contributed by atoms with van der Waals surface area (Å²) in [5.41, 5.74) is 2.84. The number of carbonyl (C=O) groups excluding carboxylic acids is 1. The molecule has 0 N–H and O–H groups in total. The van der Waals surface area contributed by atoms with E-state index in [1.807, 2.05) is 12.1 Å². The zero-order valence-corrected chi connectivity index (χ0v) is 13.2. The van der Waals surface area contributed by atoms with Crippen LogP contribution in [0.15, 0.2) is 18.2 Å². The van der Waals surface area contributed by atoms with E-state index < -0.39 is 0 Å². The number of carbonyl (C=O) groups is 1. The zero-order chi connectivity index (χ0) is 15.3. The molecule has 0 bridgehead atoms. The minimum absolute atomic E-state index is 0.381. The Morgan fingerprint density at radius 3 is 2.19 bits per heavy atom. The molecule has 0 aliphatic carbocycles. The van der Waals surface area contributed by atoms with Gasteiger partial charge in [0.25, 0.3) is 0 Å². The molecule has 21 heavy (non-hydrogen) atoms. The number of hydrogen-bond donors (Lipinski definition) is 0. The van der Waals surface area contributed by atoms with Gasteiger partial charge in [0.15, 0.2) is 0 Å². The van der Waals surface area contributed by atoms with Gasteiger partial charge < -0.3 is 0 Å². The summed E-state index contributed by atoms with van der Waals surface area (Å²) in [6.07, 6.45) is 12.7. The van der Waals surface area contributed by atoms with Crippen molar-refractivity contribution in [2.45, 2.75) is 71.1 Å². The summed E-state index contributed by atoms with van der Waals surface area (Å²) in [5.74, 6) is 0. The van der Waals surface area contributed by atoms with Gasteiger partial charge in [-0.2, -0.15) is 5.26 Å². The maximum absolute atomic E-state index is 10.9. The normalized spacial score (nSPS) is 10.3. The standard InChI is InChI=1S/C19H27NO/c1-2-3-4-5-6-7-8-9-10-17-13-18(11-12-20)15-19(14-17)16-21/h13-16H,2-11H2,1H3. The van der Waals surface area contributed by atoms with Crippen LogP contribution in [0, 0.1) is 11.3 Å². The van der Waals surface area contributed by atoms with Crippen LogP contribution in [-0.2, 0) is 12.8 Å².